The van der Waals surface area contributed by atoms with Crippen LogP contribution in [0.15, 0.2) is 11.7 Å². The van der Waals surface area contributed by atoms with Crippen LogP contribution in [-0.4, -0.2) is 30.1 Å². The Hall–Kier alpha value is -0.940. The topological polar surface area (TPSA) is 51.2 Å². The molecule has 1 amide bonds. The Morgan fingerprint density at radius 1 is 1.77 bits per heavy atom. The summed E-state index contributed by atoms with van der Waals surface area (Å²) in [5.74, 6) is -0.0435. The summed E-state index contributed by atoms with van der Waals surface area (Å²) in [6, 6.07) is 0.176. The monoisotopic (exact) mass is 198 g/mol. The number of hydrogen-bond donors (Lipinski definition) is 1. The van der Waals surface area contributed by atoms with Gasteiger partial charge in [0.15, 0.2) is 0 Å². The van der Waals surface area contributed by atoms with E-state index in [9.17, 15) is 4.79 Å². The minimum Gasteiger partial charge on any atom is -0.379 e. The van der Waals surface area contributed by atoms with Crippen molar-refractivity contribution in [3.63, 3.8) is 0 Å². The molecule has 1 fully saturated rings. The van der Waals surface area contributed by atoms with Crippen molar-refractivity contribution in [1.29, 1.82) is 0 Å². The van der Waals surface area contributed by atoms with Crippen molar-refractivity contribution in [2.45, 2.75) is 12.5 Å². The van der Waals surface area contributed by atoms with Gasteiger partial charge >= 0.3 is 0 Å². The number of carbonyl (C=O) groups excluding carboxylic acids is 1. The molecule has 0 aliphatic carbocycles. The van der Waals surface area contributed by atoms with Crippen LogP contribution in [-0.2, 0) is 4.74 Å². The average Bonchev–Trinajstić information content (AvgIpc) is 2.74. The first-order chi connectivity index (χ1) is 6.36. The van der Waals surface area contributed by atoms with Gasteiger partial charge in [-0.15, -0.1) is 11.3 Å². The standard InChI is InChI=1S/C8H10N2O2S/c11-8(7-3-9-5-13-7)10-6-1-2-12-4-6/h3,5-6H,1-2,4H2,(H,10,11). The molecule has 1 aromatic heterocycles. The quantitative estimate of drug-likeness (QED) is 0.759. The summed E-state index contributed by atoms with van der Waals surface area (Å²) in [5, 5.41) is 2.89. The summed E-state index contributed by atoms with van der Waals surface area (Å²) in [6.45, 7) is 1.37. The van der Waals surface area contributed by atoms with Crippen LogP contribution in [0.3, 0.4) is 0 Å². The van der Waals surface area contributed by atoms with Crippen molar-refractivity contribution in [1.82, 2.24) is 10.3 Å². The zero-order chi connectivity index (χ0) is 9.10. The number of aromatic nitrogens is 1. The third kappa shape index (κ3) is 2.05. The minimum atomic E-state index is -0.0435. The second-order valence-corrected chi connectivity index (χ2v) is 3.79. The molecule has 0 spiro atoms. The van der Waals surface area contributed by atoms with Gasteiger partial charge in [0, 0.05) is 6.61 Å². The fourth-order valence-electron chi connectivity index (χ4n) is 1.23. The van der Waals surface area contributed by atoms with E-state index < -0.39 is 0 Å². The lowest BCUT2D eigenvalue weighted by Gasteiger charge is -2.08. The van der Waals surface area contributed by atoms with Gasteiger partial charge in [-0.1, -0.05) is 0 Å². The molecule has 0 saturated carbocycles. The second kappa shape index (κ2) is 3.85. The van der Waals surface area contributed by atoms with Crippen LogP contribution in [0.2, 0.25) is 0 Å². The van der Waals surface area contributed by atoms with Crippen molar-refractivity contribution < 1.29 is 9.53 Å². The van der Waals surface area contributed by atoms with Crippen molar-refractivity contribution in [3.05, 3.63) is 16.6 Å². The molecular formula is C8H10N2O2S. The third-order valence-corrected chi connectivity index (χ3v) is 2.69. The Kier molecular flexibility index (Phi) is 2.56. The summed E-state index contributed by atoms with van der Waals surface area (Å²) in [6.07, 6.45) is 2.49. The molecule has 2 heterocycles. The van der Waals surface area contributed by atoms with Crippen LogP contribution in [0, 0.1) is 0 Å². The number of ether oxygens (including phenoxy) is 1. The zero-order valence-corrected chi connectivity index (χ0v) is 7.84. The van der Waals surface area contributed by atoms with Gasteiger partial charge in [-0.2, -0.15) is 0 Å². The maximum atomic E-state index is 11.5. The number of nitrogens with zero attached hydrogens (tertiary/aromatic N) is 1. The molecule has 1 atom stereocenters. The van der Waals surface area contributed by atoms with E-state index in [0.717, 1.165) is 13.0 Å². The van der Waals surface area contributed by atoms with Crippen LogP contribution < -0.4 is 5.32 Å². The molecule has 0 bridgehead atoms. The lowest BCUT2D eigenvalue weighted by Crippen LogP contribution is -2.34. The van der Waals surface area contributed by atoms with E-state index in [4.69, 9.17) is 4.74 Å². The maximum absolute atomic E-state index is 11.5. The molecule has 0 radical (unpaired) electrons. The van der Waals surface area contributed by atoms with E-state index in [-0.39, 0.29) is 11.9 Å². The molecule has 1 aliphatic rings. The smallest absolute Gasteiger partial charge is 0.263 e. The number of nitrogens with one attached hydrogen (secondary N) is 1. The highest BCUT2D eigenvalue weighted by Crippen LogP contribution is 2.08. The van der Waals surface area contributed by atoms with Gasteiger partial charge in [-0.05, 0) is 6.42 Å². The van der Waals surface area contributed by atoms with Crippen LogP contribution in [0.1, 0.15) is 16.1 Å². The van der Waals surface area contributed by atoms with Crippen LogP contribution >= 0.6 is 11.3 Å². The van der Waals surface area contributed by atoms with Gasteiger partial charge < -0.3 is 10.1 Å². The SMILES string of the molecule is O=C(NC1CCOC1)c1cncs1. The first-order valence-corrected chi connectivity index (χ1v) is 5.01. The lowest BCUT2D eigenvalue weighted by atomic mass is 10.2. The number of thiazole rings is 1. The van der Waals surface area contributed by atoms with Gasteiger partial charge in [0.1, 0.15) is 4.88 Å². The molecule has 1 aliphatic heterocycles. The van der Waals surface area contributed by atoms with E-state index in [1.165, 1.54) is 11.3 Å². The maximum Gasteiger partial charge on any atom is 0.263 e. The molecule has 4 nitrogen and oxygen atoms in total. The van der Waals surface area contributed by atoms with Crippen molar-refractivity contribution in [2.75, 3.05) is 13.2 Å². The first kappa shape index (κ1) is 8.65. The van der Waals surface area contributed by atoms with Gasteiger partial charge in [-0.25, -0.2) is 0 Å². The van der Waals surface area contributed by atoms with E-state index in [1.807, 2.05) is 0 Å². The normalized spacial score (nSPS) is 21.7. The zero-order valence-electron chi connectivity index (χ0n) is 7.03. The summed E-state index contributed by atoms with van der Waals surface area (Å²) in [7, 11) is 0. The Bertz CT molecular complexity index is 280. The number of amides is 1. The predicted octanol–water partition coefficient (Wildman–Crippen LogP) is 0.662. The summed E-state index contributed by atoms with van der Waals surface area (Å²) in [4.78, 5) is 16.0. The highest BCUT2D eigenvalue weighted by Gasteiger charge is 2.18. The van der Waals surface area contributed by atoms with Crippen LogP contribution in [0.4, 0.5) is 0 Å². The highest BCUT2D eigenvalue weighted by molar-refractivity contribution is 7.11. The molecule has 1 saturated heterocycles. The molecule has 70 valence electrons. The Morgan fingerprint density at radius 2 is 2.69 bits per heavy atom. The van der Waals surface area contributed by atoms with Gasteiger partial charge in [0.05, 0.1) is 24.4 Å². The predicted molar refractivity (Wildman–Crippen MR) is 48.8 cm³/mol. The van der Waals surface area contributed by atoms with E-state index in [2.05, 4.69) is 10.3 Å². The number of carbonyl (C=O) groups is 1. The molecule has 1 unspecified atom stereocenters. The van der Waals surface area contributed by atoms with Crippen molar-refractivity contribution in [3.8, 4) is 0 Å². The van der Waals surface area contributed by atoms with Gasteiger partial charge in [0.2, 0.25) is 0 Å². The molecular weight excluding hydrogens is 188 g/mol. The molecule has 0 aromatic carbocycles. The summed E-state index contributed by atoms with van der Waals surface area (Å²) in [5.41, 5.74) is 1.65. The summed E-state index contributed by atoms with van der Waals surface area (Å²) >= 11 is 1.35. The van der Waals surface area contributed by atoms with E-state index >= 15 is 0 Å². The largest absolute Gasteiger partial charge is 0.379 e. The van der Waals surface area contributed by atoms with E-state index in [1.54, 1.807) is 11.7 Å². The van der Waals surface area contributed by atoms with Crippen LogP contribution in [0.25, 0.3) is 0 Å². The number of hydrogen-bond acceptors (Lipinski definition) is 4. The number of rotatable bonds is 2. The fraction of sp³-hybridized carbons (Fsp3) is 0.500. The Labute approximate surface area is 79.9 Å². The van der Waals surface area contributed by atoms with Gasteiger partial charge in [-0.3, -0.25) is 9.78 Å². The van der Waals surface area contributed by atoms with Crippen molar-refractivity contribution in [2.24, 2.45) is 0 Å². The fourth-order valence-corrected chi connectivity index (χ4v) is 1.76. The third-order valence-electron chi connectivity index (χ3n) is 1.92. The molecule has 1 aromatic rings. The molecule has 2 rings (SSSR count). The highest BCUT2D eigenvalue weighted by atomic mass is 32.1. The lowest BCUT2D eigenvalue weighted by molar-refractivity contribution is 0.0934. The first-order valence-electron chi connectivity index (χ1n) is 4.13. The average molecular weight is 198 g/mol. The Morgan fingerprint density at radius 3 is 3.31 bits per heavy atom. The van der Waals surface area contributed by atoms with E-state index in [0.29, 0.717) is 11.5 Å². The van der Waals surface area contributed by atoms with Gasteiger partial charge in [0.25, 0.3) is 5.91 Å². The second-order valence-electron chi connectivity index (χ2n) is 2.90. The summed E-state index contributed by atoms with van der Waals surface area (Å²) < 4.78 is 5.15. The molecule has 5 heteroatoms. The molecule has 1 N–H and O–H groups in total. The van der Waals surface area contributed by atoms with Crippen molar-refractivity contribution >= 4 is 17.2 Å². The Balaban J connectivity index is 1.91. The van der Waals surface area contributed by atoms with Crippen LogP contribution in [0.5, 0.6) is 0 Å². The molecule has 13 heavy (non-hydrogen) atoms. The minimum absolute atomic E-state index is 0.0435.